The second-order valence-corrected chi connectivity index (χ2v) is 7.67. The molecule has 0 bridgehead atoms. The Morgan fingerprint density at radius 1 is 1.17 bits per heavy atom. The molecule has 0 saturated carbocycles. The lowest BCUT2D eigenvalue weighted by atomic mass is 10.1. The van der Waals surface area contributed by atoms with Gasteiger partial charge in [-0.15, -0.1) is 11.3 Å². The van der Waals surface area contributed by atoms with E-state index in [0.717, 1.165) is 15.8 Å². The predicted octanol–water partition coefficient (Wildman–Crippen LogP) is 4.39. The van der Waals surface area contributed by atoms with Gasteiger partial charge in [0.2, 0.25) is 0 Å². The van der Waals surface area contributed by atoms with Crippen molar-refractivity contribution in [3.63, 3.8) is 0 Å². The zero-order valence-electron chi connectivity index (χ0n) is 16.7. The van der Waals surface area contributed by atoms with E-state index in [0.29, 0.717) is 27.6 Å². The van der Waals surface area contributed by atoms with E-state index in [9.17, 15) is 9.18 Å². The van der Waals surface area contributed by atoms with Gasteiger partial charge in [0, 0.05) is 30.1 Å². The molecule has 0 aliphatic carbocycles. The number of aryl methyl sites for hydroxylation is 1. The van der Waals surface area contributed by atoms with Gasteiger partial charge < -0.3 is 14.8 Å². The Hall–Kier alpha value is -3.39. The predicted molar refractivity (Wildman–Crippen MR) is 115 cm³/mol. The van der Waals surface area contributed by atoms with Crippen molar-refractivity contribution in [3.8, 4) is 22.8 Å². The summed E-state index contributed by atoms with van der Waals surface area (Å²) >= 11 is 1.32. The number of halogens is 1. The number of nitrogens with one attached hydrogen (secondary N) is 1. The minimum atomic E-state index is -0.347. The SMILES string of the molecule is COc1ccc(OC)c(CNC(=O)c2cc3c(-c4ccccc4F)nn(C)c3s2)c1. The number of rotatable bonds is 6. The van der Waals surface area contributed by atoms with E-state index in [-0.39, 0.29) is 18.3 Å². The number of hydrogen-bond acceptors (Lipinski definition) is 5. The van der Waals surface area contributed by atoms with Crippen LogP contribution in [0.15, 0.2) is 48.5 Å². The molecule has 30 heavy (non-hydrogen) atoms. The number of thiophene rings is 1. The Balaban J connectivity index is 1.61. The van der Waals surface area contributed by atoms with Gasteiger partial charge in [0.25, 0.3) is 5.91 Å². The van der Waals surface area contributed by atoms with Crippen LogP contribution in [0.1, 0.15) is 15.2 Å². The largest absolute Gasteiger partial charge is 0.497 e. The van der Waals surface area contributed by atoms with E-state index in [1.54, 1.807) is 62.3 Å². The van der Waals surface area contributed by atoms with Crippen molar-refractivity contribution in [1.82, 2.24) is 15.1 Å². The highest BCUT2D eigenvalue weighted by Gasteiger charge is 2.19. The van der Waals surface area contributed by atoms with Gasteiger partial charge in [-0.3, -0.25) is 9.48 Å². The summed E-state index contributed by atoms with van der Waals surface area (Å²) in [6.07, 6.45) is 0. The molecular weight excluding hydrogens is 405 g/mol. The normalized spacial score (nSPS) is 10.9. The Morgan fingerprint density at radius 2 is 1.97 bits per heavy atom. The quantitative estimate of drug-likeness (QED) is 0.498. The van der Waals surface area contributed by atoms with Crippen molar-refractivity contribution < 1.29 is 18.7 Å². The van der Waals surface area contributed by atoms with Gasteiger partial charge in [0.15, 0.2) is 0 Å². The highest BCUT2D eigenvalue weighted by Crippen LogP contribution is 2.34. The Labute approximate surface area is 176 Å². The number of hydrogen-bond donors (Lipinski definition) is 1. The van der Waals surface area contributed by atoms with Crippen LogP contribution in [-0.2, 0) is 13.6 Å². The number of amides is 1. The van der Waals surface area contributed by atoms with Crippen LogP contribution in [0, 0.1) is 5.82 Å². The number of ether oxygens (including phenoxy) is 2. The maximum Gasteiger partial charge on any atom is 0.261 e. The lowest BCUT2D eigenvalue weighted by Crippen LogP contribution is -2.22. The minimum absolute atomic E-state index is 0.222. The molecule has 4 rings (SSSR count). The summed E-state index contributed by atoms with van der Waals surface area (Å²) in [5, 5.41) is 8.10. The van der Waals surface area contributed by atoms with Crippen LogP contribution in [0.5, 0.6) is 11.5 Å². The average molecular weight is 425 g/mol. The third-order valence-corrected chi connectivity index (χ3v) is 5.99. The third kappa shape index (κ3) is 3.61. The number of fused-ring (bicyclic) bond motifs is 1. The molecule has 0 saturated heterocycles. The van der Waals surface area contributed by atoms with E-state index in [4.69, 9.17) is 9.47 Å². The van der Waals surface area contributed by atoms with Crippen LogP contribution in [-0.4, -0.2) is 29.9 Å². The van der Waals surface area contributed by atoms with Crippen molar-refractivity contribution in [1.29, 1.82) is 0 Å². The zero-order valence-corrected chi connectivity index (χ0v) is 17.5. The van der Waals surface area contributed by atoms with Gasteiger partial charge in [0.05, 0.1) is 19.1 Å². The summed E-state index contributed by atoms with van der Waals surface area (Å²) < 4.78 is 26.5. The summed E-state index contributed by atoms with van der Waals surface area (Å²) in [6.45, 7) is 0.284. The van der Waals surface area contributed by atoms with E-state index >= 15 is 0 Å². The minimum Gasteiger partial charge on any atom is -0.497 e. The van der Waals surface area contributed by atoms with E-state index in [2.05, 4.69) is 10.4 Å². The maximum absolute atomic E-state index is 14.3. The number of aromatic nitrogens is 2. The molecular formula is C22H20FN3O3S. The molecule has 8 heteroatoms. The van der Waals surface area contributed by atoms with Crippen LogP contribution in [0.3, 0.4) is 0 Å². The highest BCUT2D eigenvalue weighted by atomic mass is 32.1. The molecule has 1 N–H and O–H groups in total. The fourth-order valence-corrected chi connectivity index (χ4v) is 4.28. The first-order chi connectivity index (χ1) is 14.5. The van der Waals surface area contributed by atoms with Gasteiger partial charge >= 0.3 is 0 Å². The lowest BCUT2D eigenvalue weighted by molar-refractivity contribution is 0.0954. The van der Waals surface area contributed by atoms with Crippen molar-refractivity contribution in [3.05, 3.63) is 64.8 Å². The third-order valence-electron chi connectivity index (χ3n) is 4.79. The van der Waals surface area contributed by atoms with E-state index in [1.165, 1.54) is 17.4 Å². The van der Waals surface area contributed by atoms with Crippen molar-refractivity contribution in [2.24, 2.45) is 7.05 Å². The smallest absolute Gasteiger partial charge is 0.261 e. The van der Waals surface area contributed by atoms with E-state index in [1.807, 2.05) is 6.07 Å². The molecule has 4 aromatic rings. The first kappa shape index (κ1) is 19.9. The summed E-state index contributed by atoms with van der Waals surface area (Å²) in [5.74, 6) is 0.779. The average Bonchev–Trinajstić information content (AvgIpc) is 3.33. The molecule has 2 aromatic carbocycles. The molecule has 6 nitrogen and oxygen atoms in total. The second kappa shape index (κ2) is 8.16. The van der Waals surface area contributed by atoms with Crippen molar-refractivity contribution in [2.75, 3.05) is 14.2 Å². The van der Waals surface area contributed by atoms with Crippen molar-refractivity contribution >= 4 is 27.5 Å². The molecule has 0 atom stereocenters. The van der Waals surface area contributed by atoms with Crippen LogP contribution in [0.25, 0.3) is 21.5 Å². The fraction of sp³-hybridized carbons (Fsp3) is 0.182. The molecule has 0 aliphatic rings. The van der Waals surface area contributed by atoms with Gasteiger partial charge in [-0.1, -0.05) is 12.1 Å². The topological polar surface area (TPSA) is 65.4 Å². The van der Waals surface area contributed by atoms with Gasteiger partial charge in [-0.2, -0.15) is 5.10 Å². The Kier molecular flexibility index (Phi) is 5.41. The lowest BCUT2D eigenvalue weighted by Gasteiger charge is -2.11. The number of carbonyl (C=O) groups excluding carboxylic acids is 1. The second-order valence-electron chi connectivity index (χ2n) is 6.64. The monoisotopic (exact) mass is 425 g/mol. The number of nitrogens with zero attached hydrogens (tertiary/aromatic N) is 2. The standard InChI is InChI=1S/C22H20FN3O3S/c1-26-22-16(20(25-26)15-6-4-5-7-17(15)23)11-19(30-22)21(27)24-12-13-10-14(28-2)8-9-18(13)29-3/h4-11H,12H2,1-3H3,(H,24,27). The van der Waals surface area contributed by atoms with Gasteiger partial charge in [0.1, 0.15) is 27.8 Å². The molecule has 1 amide bonds. The first-order valence-corrected chi connectivity index (χ1v) is 10.0. The summed E-state index contributed by atoms with van der Waals surface area (Å²) in [4.78, 5) is 14.1. The van der Waals surface area contributed by atoms with Gasteiger partial charge in [-0.05, 0) is 36.4 Å². The van der Waals surface area contributed by atoms with E-state index < -0.39 is 0 Å². The van der Waals surface area contributed by atoms with Crippen LogP contribution in [0.4, 0.5) is 4.39 Å². The zero-order chi connectivity index (χ0) is 21.3. The fourth-order valence-electron chi connectivity index (χ4n) is 3.29. The van der Waals surface area contributed by atoms with Crippen molar-refractivity contribution in [2.45, 2.75) is 6.54 Å². The summed E-state index contributed by atoms with van der Waals surface area (Å²) in [5.41, 5.74) is 1.74. The molecule has 0 fully saturated rings. The molecule has 154 valence electrons. The molecule has 0 aliphatic heterocycles. The van der Waals surface area contributed by atoms with Crippen LogP contribution in [0.2, 0.25) is 0 Å². The number of benzene rings is 2. The maximum atomic E-state index is 14.3. The summed E-state index contributed by atoms with van der Waals surface area (Å²) in [7, 11) is 4.95. The van der Waals surface area contributed by atoms with Crippen LogP contribution < -0.4 is 14.8 Å². The molecule has 0 radical (unpaired) electrons. The Morgan fingerprint density at radius 3 is 2.70 bits per heavy atom. The van der Waals surface area contributed by atoms with Crippen LogP contribution >= 0.6 is 11.3 Å². The number of carbonyl (C=O) groups is 1. The first-order valence-electron chi connectivity index (χ1n) is 9.22. The highest BCUT2D eigenvalue weighted by molar-refractivity contribution is 7.20. The van der Waals surface area contributed by atoms with Gasteiger partial charge in [-0.25, -0.2) is 4.39 Å². The number of methoxy groups -OCH3 is 2. The molecule has 0 spiro atoms. The molecule has 0 unspecified atom stereocenters. The molecule has 2 heterocycles. The summed E-state index contributed by atoms with van der Waals surface area (Å²) in [6, 6.07) is 13.7. The molecule has 2 aromatic heterocycles. The Bertz CT molecular complexity index is 1230.